The third kappa shape index (κ3) is 2.56. The van der Waals surface area contributed by atoms with Crippen molar-refractivity contribution in [3.63, 3.8) is 0 Å². The van der Waals surface area contributed by atoms with E-state index < -0.39 is 8.32 Å². The van der Waals surface area contributed by atoms with Gasteiger partial charge in [-0.15, -0.1) is 6.58 Å². The number of hydrogen-bond donors (Lipinski definition) is 1. The third-order valence-electron chi connectivity index (χ3n) is 0.795. The molecule has 42 valence electrons. The minimum Gasteiger partial charge on any atom is -0.344 e. The molecule has 0 aromatic carbocycles. The molecule has 0 aliphatic carbocycles. The molecule has 0 aliphatic rings. The molecule has 0 radical (unpaired) electrons. The first-order chi connectivity index (χ1) is 3.12. The maximum absolute atomic E-state index is 4.91. The van der Waals surface area contributed by atoms with Crippen LogP contribution in [-0.4, -0.2) is 8.32 Å². The molecule has 0 aromatic heterocycles. The lowest BCUT2D eigenvalue weighted by Gasteiger charge is -2.10. The summed E-state index contributed by atoms with van der Waals surface area (Å²) in [4.78, 5) is 0. The van der Waals surface area contributed by atoms with E-state index in [1.54, 1.807) is 5.70 Å². The van der Waals surface area contributed by atoms with Gasteiger partial charge in [-0.3, -0.25) is 0 Å². The van der Waals surface area contributed by atoms with E-state index in [9.17, 15) is 0 Å². The normalized spacial score (nSPS) is 11.3. The van der Waals surface area contributed by atoms with Crippen LogP contribution in [0.5, 0.6) is 0 Å². The fourth-order valence-corrected chi connectivity index (χ4v) is 0.144. The first-order valence-electron chi connectivity index (χ1n) is 2.14. The van der Waals surface area contributed by atoms with Crippen molar-refractivity contribution in [3.8, 4) is 0 Å². The van der Waals surface area contributed by atoms with E-state index in [0.717, 1.165) is 0 Å². The van der Waals surface area contributed by atoms with Crippen LogP contribution in [-0.2, 0) is 4.53 Å². The summed E-state index contributed by atoms with van der Waals surface area (Å²) < 4.78 is 4.61. The third-order valence-corrected chi connectivity index (χ3v) is 2.39. The number of rotatable bonds is 2. The van der Waals surface area contributed by atoms with Crippen molar-refractivity contribution >= 4 is 8.32 Å². The second-order valence-corrected chi connectivity index (χ2v) is 5.78. The Morgan fingerprint density at radius 3 is 2.14 bits per heavy atom. The molecule has 7 heavy (non-hydrogen) atoms. The molecule has 0 aromatic rings. The Bertz CT molecular complexity index is 72.1. The van der Waals surface area contributed by atoms with E-state index in [0.29, 0.717) is 0 Å². The molecule has 0 rings (SSSR count). The quantitative estimate of drug-likeness (QED) is 0.429. The Kier molecular flexibility index (Phi) is 2.21. The van der Waals surface area contributed by atoms with E-state index in [4.69, 9.17) is 5.90 Å². The summed E-state index contributed by atoms with van der Waals surface area (Å²) in [5.41, 5.74) is 1.78. The zero-order chi connectivity index (χ0) is 5.91. The zero-order valence-electron chi connectivity index (χ0n) is 4.77. The molecule has 2 nitrogen and oxygen atoms in total. The van der Waals surface area contributed by atoms with Crippen LogP contribution in [0.15, 0.2) is 12.3 Å². The first-order valence-corrected chi connectivity index (χ1v) is 5.12. The van der Waals surface area contributed by atoms with Gasteiger partial charge >= 0.3 is 0 Å². The average molecular weight is 117 g/mol. The van der Waals surface area contributed by atoms with E-state index in [2.05, 4.69) is 11.1 Å². The van der Waals surface area contributed by atoms with Gasteiger partial charge in [0, 0.05) is 0 Å². The summed E-state index contributed by atoms with van der Waals surface area (Å²) in [6.45, 7) is 7.50. The molecule has 0 fully saturated rings. The Morgan fingerprint density at radius 2 is 2.14 bits per heavy atom. The summed E-state index contributed by atoms with van der Waals surface area (Å²) in [5.74, 6) is 4.91. The molecule has 0 heterocycles. The van der Waals surface area contributed by atoms with Gasteiger partial charge in [-0.2, -0.15) is 0 Å². The van der Waals surface area contributed by atoms with Crippen molar-refractivity contribution in [2.75, 3.05) is 0 Å². The number of hydrogen-bond acceptors (Lipinski definition) is 2. The van der Waals surface area contributed by atoms with Crippen LogP contribution >= 0.6 is 0 Å². The van der Waals surface area contributed by atoms with Crippen molar-refractivity contribution < 1.29 is 4.53 Å². The molecular formula is C4H11NOSi. The maximum atomic E-state index is 4.91. The van der Waals surface area contributed by atoms with E-state index >= 15 is 0 Å². The first kappa shape index (κ1) is 6.88. The molecular weight excluding hydrogens is 106 g/mol. The predicted octanol–water partition coefficient (Wildman–Crippen LogP) is 0.807. The molecule has 0 atom stereocenters. The molecule has 0 saturated heterocycles. The van der Waals surface area contributed by atoms with Crippen LogP contribution in [0.2, 0.25) is 13.1 Å². The van der Waals surface area contributed by atoms with Gasteiger partial charge < -0.3 is 4.53 Å². The second kappa shape index (κ2) is 2.25. The van der Waals surface area contributed by atoms with Crippen LogP contribution in [0.4, 0.5) is 0 Å². The SMILES string of the molecule is C=C[Si](C)(C)ON. The standard InChI is InChI=1S/C4H11NOSi/c1-4-7(2,3)6-5/h4H,1,5H2,2-3H3. The van der Waals surface area contributed by atoms with E-state index in [1.807, 2.05) is 13.1 Å². The van der Waals surface area contributed by atoms with Crippen LogP contribution in [0.1, 0.15) is 0 Å². The minimum absolute atomic E-state index is 1.61. The summed E-state index contributed by atoms with van der Waals surface area (Å²) in [6, 6.07) is 0. The fourth-order valence-electron chi connectivity index (χ4n) is 0.0481. The Balaban J connectivity index is 3.58. The smallest absolute Gasteiger partial charge is 0.237 e. The molecule has 0 aliphatic heterocycles. The fraction of sp³-hybridized carbons (Fsp3) is 0.500. The Morgan fingerprint density at radius 1 is 1.71 bits per heavy atom. The van der Waals surface area contributed by atoms with Gasteiger partial charge in [-0.25, -0.2) is 5.90 Å². The molecule has 0 amide bonds. The van der Waals surface area contributed by atoms with Crippen molar-refractivity contribution in [3.05, 3.63) is 12.3 Å². The molecule has 0 bridgehead atoms. The van der Waals surface area contributed by atoms with Gasteiger partial charge in [-0.1, -0.05) is 5.70 Å². The largest absolute Gasteiger partial charge is 0.344 e. The molecule has 0 unspecified atom stereocenters. The van der Waals surface area contributed by atoms with Gasteiger partial charge in [0.05, 0.1) is 0 Å². The van der Waals surface area contributed by atoms with Gasteiger partial charge in [0.1, 0.15) is 0 Å². The minimum atomic E-state index is -1.61. The van der Waals surface area contributed by atoms with E-state index in [-0.39, 0.29) is 0 Å². The molecule has 0 spiro atoms. The second-order valence-electron chi connectivity index (χ2n) is 1.93. The van der Waals surface area contributed by atoms with Crippen LogP contribution in [0, 0.1) is 0 Å². The highest BCUT2D eigenvalue weighted by atomic mass is 28.4. The van der Waals surface area contributed by atoms with Gasteiger partial charge in [0.25, 0.3) is 0 Å². The summed E-state index contributed by atoms with van der Waals surface area (Å²) in [6.07, 6.45) is 0. The van der Waals surface area contributed by atoms with Crippen molar-refractivity contribution in [1.29, 1.82) is 0 Å². The van der Waals surface area contributed by atoms with Crippen LogP contribution < -0.4 is 5.90 Å². The lowest BCUT2D eigenvalue weighted by atomic mass is 11.3. The van der Waals surface area contributed by atoms with Gasteiger partial charge in [-0.05, 0) is 13.1 Å². The molecule has 3 heteroatoms. The summed E-state index contributed by atoms with van der Waals surface area (Å²) in [5, 5.41) is 0. The Hall–Kier alpha value is -0.123. The van der Waals surface area contributed by atoms with Crippen molar-refractivity contribution in [1.82, 2.24) is 0 Å². The van der Waals surface area contributed by atoms with Crippen LogP contribution in [0.25, 0.3) is 0 Å². The van der Waals surface area contributed by atoms with Crippen molar-refractivity contribution in [2.24, 2.45) is 5.90 Å². The van der Waals surface area contributed by atoms with Gasteiger partial charge in [0.15, 0.2) is 0 Å². The topological polar surface area (TPSA) is 35.2 Å². The zero-order valence-corrected chi connectivity index (χ0v) is 5.77. The highest BCUT2D eigenvalue weighted by Gasteiger charge is 2.14. The van der Waals surface area contributed by atoms with Gasteiger partial charge in [0.2, 0.25) is 8.32 Å². The highest BCUT2D eigenvalue weighted by molar-refractivity contribution is 6.75. The molecule has 0 saturated carbocycles. The predicted molar refractivity (Wildman–Crippen MR) is 33.0 cm³/mol. The van der Waals surface area contributed by atoms with E-state index in [1.165, 1.54) is 0 Å². The lowest BCUT2D eigenvalue weighted by molar-refractivity contribution is 0.332. The number of nitrogens with two attached hydrogens (primary N) is 1. The summed E-state index contributed by atoms with van der Waals surface area (Å²) in [7, 11) is -1.61. The monoisotopic (exact) mass is 117 g/mol. The lowest BCUT2D eigenvalue weighted by Crippen LogP contribution is -2.30. The maximum Gasteiger partial charge on any atom is 0.237 e. The Labute approximate surface area is 45.1 Å². The van der Waals surface area contributed by atoms with Crippen LogP contribution in [0.3, 0.4) is 0 Å². The highest BCUT2D eigenvalue weighted by Crippen LogP contribution is 1.98. The molecule has 2 N–H and O–H groups in total. The summed E-state index contributed by atoms with van der Waals surface area (Å²) >= 11 is 0. The van der Waals surface area contributed by atoms with Crippen molar-refractivity contribution in [2.45, 2.75) is 13.1 Å². The average Bonchev–Trinajstić information content (AvgIpc) is 1.68.